The first-order valence-electron chi connectivity index (χ1n) is 41.8. The van der Waals surface area contributed by atoms with Crippen molar-refractivity contribution in [3.05, 3.63) is 216 Å². The van der Waals surface area contributed by atoms with Gasteiger partial charge in [0.2, 0.25) is 0 Å². The van der Waals surface area contributed by atoms with Gasteiger partial charge in [-0.3, -0.25) is 9.59 Å². The Bertz CT molecular complexity index is 3920. The van der Waals surface area contributed by atoms with E-state index >= 15 is 0 Å². The monoisotopic (exact) mass is 1640 g/mol. The van der Waals surface area contributed by atoms with Crippen LogP contribution in [0, 0.1) is 0 Å². The van der Waals surface area contributed by atoms with Crippen molar-refractivity contribution in [2.24, 2.45) is 11.5 Å². The molecule has 0 aliphatic rings. The number of unbranched alkanes of at least 4 members (excludes halogenated alkanes) is 26. The maximum atomic E-state index is 14.0. The number of aryl methyl sites for hydroxylation is 2. The van der Waals surface area contributed by atoms with E-state index in [1.807, 2.05) is 0 Å². The lowest BCUT2D eigenvalue weighted by Gasteiger charge is -2.16. The molecule has 6 rings (SSSR count). The molecular formula is C95H118N2O22. The van der Waals surface area contributed by atoms with Crippen LogP contribution in [0.4, 0.5) is 0 Å². The standard InChI is InChI=1S/C95H118N2O22/c1-5-84(98)112-62-36-26-16-12-22-32-58-108-76-50-42-70(43-51-76)92(104)116-80-66-74(88(82(68-80)90(96)102)118-94(106)72-46-54-78(55-47-72)110-60-34-24-14-18-28-38-64-114-86(100)7-3)40-30-20-10-9-11-21-31-41-75-67-81(117-93(105)71-44-52-77(53-45-71)109-59-33-23-13-17-27-37-63-113-85(99)6-2)69-83(91(97)103)89(75)119-95(107)73-48-56-79(57-49-73)111-61-35-25-15-19-29-39-65-115-87(101)8-4/h5-8,42-57,66-69H,1-4,9-41,58-65H2,(H2,96,102)(H2,97,103). The Morgan fingerprint density at radius 1 is 0.244 bits per heavy atom. The SMILES string of the molecule is C=CC(=O)OCCCCCCCCOc1ccc(C(=O)Oc2cc(CCCCCCCCCc3cc(OC(=O)c4ccc(OCCCCCCCCOC(=O)C=C)cc4)cc(C(N)=O)c3OC(=O)c3ccc(OCCCCCCCCOC(=O)C=C)cc3)c(OC(=O)c3ccc(OCCCCCCCCOC(=O)C=C)cc3)c(C(N)=O)c2)cc1. The van der Waals surface area contributed by atoms with E-state index in [0.29, 0.717) is 126 Å². The largest absolute Gasteiger partial charge is 0.494 e. The lowest BCUT2D eigenvalue weighted by atomic mass is 9.99. The van der Waals surface area contributed by atoms with Gasteiger partial charge in [0.1, 0.15) is 46.0 Å². The molecule has 0 atom stereocenters. The second-order valence-corrected chi connectivity index (χ2v) is 28.6. The molecule has 6 aromatic rings. The zero-order valence-corrected chi connectivity index (χ0v) is 68.8. The molecule has 0 aliphatic heterocycles. The summed E-state index contributed by atoms with van der Waals surface area (Å²) in [6.07, 6.45) is 32.0. The predicted octanol–water partition coefficient (Wildman–Crippen LogP) is 19.1. The summed E-state index contributed by atoms with van der Waals surface area (Å²) >= 11 is 0. The van der Waals surface area contributed by atoms with Gasteiger partial charge in [-0.2, -0.15) is 0 Å². The van der Waals surface area contributed by atoms with Gasteiger partial charge in [0.25, 0.3) is 11.8 Å². The molecule has 2 amide bonds. The zero-order chi connectivity index (χ0) is 85.5. The predicted molar refractivity (Wildman–Crippen MR) is 453 cm³/mol. The Morgan fingerprint density at radius 3 is 0.664 bits per heavy atom. The number of rotatable bonds is 64. The third-order valence-corrected chi connectivity index (χ3v) is 19.2. The van der Waals surface area contributed by atoms with Crippen LogP contribution in [0.3, 0.4) is 0 Å². The molecule has 640 valence electrons. The Balaban J connectivity index is 1.09. The summed E-state index contributed by atoms with van der Waals surface area (Å²) in [5, 5.41) is 0. The number of hydrogen-bond acceptors (Lipinski definition) is 22. The van der Waals surface area contributed by atoms with E-state index in [1.54, 1.807) is 109 Å². The molecule has 0 saturated heterocycles. The molecule has 0 aliphatic carbocycles. The molecule has 4 N–H and O–H groups in total. The summed E-state index contributed by atoms with van der Waals surface area (Å²) in [6.45, 7) is 17.0. The minimum absolute atomic E-state index is 0.00894. The van der Waals surface area contributed by atoms with Crippen molar-refractivity contribution in [3.8, 4) is 46.0 Å². The Kier molecular flexibility index (Phi) is 46.2. The molecule has 24 heteroatoms. The lowest BCUT2D eigenvalue weighted by Crippen LogP contribution is -2.18. The van der Waals surface area contributed by atoms with Gasteiger partial charge >= 0.3 is 47.8 Å². The van der Waals surface area contributed by atoms with Crippen LogP contribution in [-0.2, 0) is 51.0 Å². The summed E-state index contributed by atoms with van der Waals surface area (Å²) in [5.74, 6) is -4.35. The second kappa shape index (κ2) is 57.3. The molecule has 0 radical (unpaired) electrons. The number of carbonyl (C=O) groups excluding carboxylic acids is 10. The summed E-state index contributed by atoms with van der Waals surface area (Å²) in [5.41, 5.74) is 13.3. The summed E-state index contributed by atoms with van der Waals surface area (Å²) in [7, 11) is 0. The minimum atomic E-state index is -0.921. The fourth-order valence-electron chi connectivity index (χ4n) is 12.6. The summed E-state index contributed by atoms with van der Waals surface area (Å²) in [6, 6.07) is 31.7. The molecule has 0 heterocycles. The average molecular weight is 1640 g/mol. The molecule has 0 spiro atoms. The Hall–Kier alpha value is -11.8. The molecule has 0 unspecified atom stereocenters. The molecule has 0 saturated carbocycles. The number of amides is 2. The van der Waals surface area contributed by atoms with Gasteiger partial charge in [-0.1, -0.05) is 161 Å². The first-order chi connectivity index (χ1) is 57.9. The normalized spacial score (nSPS) is 10.8. The molecular weight excluding hydrogens is 1520 g/mol. The van der Waals surface area contributed by atoms with Crippen LogP contribution in [0.25, 0.3) is 0 Å². The van der Waals surface area contributed by atoms with Crippen molar-refractivity contribution in [3.63, 3.8) is 0 Å². The number of benzene rings is 6. The van der Waals surface area contributed by atoms with Crippen molar-refractivity contribution in [1.82, 2.24) is 0 Å². The molecule has 0 fully saturated rings. The van der Waals surface area contributed by atoms with Gasteiger partial charge < -0.3 is 68.3 Å². The van der Waals surface area contributed by atoms with Crippen molar-refractivity contribution in [2.45, 2.75) is 212 Å². The molecule has 24 nitrogen and oxygen atoms in total. The van der Waals surface area contributed by atoms with Gasteiger partial charge in [0, 0.05) is 24.3 Å². The first-order valence-corrected chi connectivity index (χ1v) is 41.8. The van der Waals surface area contributed by atoms with Gasteiger partial charge in [-0.05, 0) is 210 Å². The van der Waals surface area contributed by atoms with E-state index in [-0.39, 0.29) is 56.4 Å². The highest BCUT2D eigenvalue weighted by Crippen LogP contribution is 2.36. The number of ether oxygens (including phenoxy) is 12. The van der Waals surface area contributed by atoms with Crippen LogP contribution in [0.5, 0.6) is 46.0 Å². The average Bonchev–Trinajstić information content (AvgIpc) is 0.805. The fourth-order valence-corrected chi connectivity index (χ4v) is 12.6. The van der Waals surface area contributed by atoms with Crippen LogP contribution in [-0.4, -0.2) is 112 Å². The number of carbonyl (C=O) groups is 10. The highest BCUT2D eigenvalue weighted by atomic mass is 16.6. The van der Waals surface area contributed by atoms with Gasteiger partial charge in [-0.25, -0.2) is 38.4 Å². The first kappa shape index (κ1) is 96.0. The number of hydrogen-bond donors (Lipinski definition) is 2. The summed E-state index contributed by atoms with van der Waals surface area (Å²) < 4.78 is 67.9. The maximum absolute atomic E-state index is 14.0. The van der Waals surface area contributed by atoms with Gasteiger partial charge in [-0.15, -0.1) is 0 Å². The Labute approximate surface area is 699 Å². The second-order valence-electron chi connectivity index (χ2n) is 28.6. The number of nitrogens with two attached hydrogens (primary N) is 2. The molecule has 0 aromatic heterocycles. The quantitative estimate of drug-likeness (QED) is 0.0118. The van der Waals surface area contributed by atoms with E-state index in [0.717, 1.165) is 198 Å². The molecule has 6 aromatic carbocycles. The Morgan fingerprint density at radius 2 is 0.445 bits per heavy atom. The zero-order valence-electron chi connectivity index (χ0n) is 68.8. The van der Waals surface area contributed by atoms with Crippen LogP contribution < -0.4 is 49.4 Å². The minimum Gasteiger partial charge on any atom is -0.494 e. The van der Waals surface area contributed by atoms with Crippen LogP contribution in [0.15, 0.2) is 172 Å². The molecule has 119 heavy (non-hydrogen) atoms. The summed E-state index contributed by atoms with van der Waals surface area (Å²) in [4.78, 5) is 127. The van der Waals surface area contributed by atoms with E-state index in [4.69, 9.17) is 68.3 Å². The van der Waals surface area contributed by atoms with E-state index in [2.05, 4.69) is 26.3 Å². The van der Waals surface area contributed by atoms with Gasteiger partial charge in [0.05, 0.1) is 86.2 Å². The highest BCUT2D eigenvalue weighted by Gasteiger charge is 2.25. The highest BCUT2D eigenvalue weighted by molar-refractivity contribution is 6.01. The van der Waals surface area contributed by atoms with Crippen LogP contribution in [0.2, 0.25) is 0 Å². The van der Waals surface area contributed by atoms with E-state index in [9.17, 15) is 47.9 Å². The van der Waals surface area contributed by atoms with Crippen LogP contribution >= 0.6 is 0 Å². The van der Waals surface area contributed by atoms with E-state index < -0.39 is 59.6 Å². The van der Waals surface area contributed by atoms with Gasteiger partial charge in [0.15, 0.2) is 0 Å². The molecule has 0 bridgehead atoms. The number of esters is 8. The lowest BCUT2D eigenvalue weighted by molar-refractivity contribution is -0.138. The third-order valence-electron chi connectivity index (χ3n) is 19.2. The smallest absolute Gasteiger partial charge is 0.343 e. The maximum Gasteiger partial charge on any atom is 0.343 e. The van der Waals surface area contributed by atoms with E-state index in [1.165, 1.54) is 12.1 Å². The third kappa shape index (κ3) is 38.9. The van der Waals surface area contributed by atoms with Crippen LogP contribution in [0.1, 0.15) is 272 Å². The fraction of sp³-hybridized carbons (Fsp3) is 0.432. The number of primary amides is 2. The van der Waals surface area contributed by atoms with Crippen molar-refractivity contribution >= 4 is 59.6 Å². The van der Waals surface area contributed by atoms with Crippen molar-refractivity contribution < 1.29 is 105 Å². The topological polar surface area (TPSA) is 333 Å². The van der Waals surface area contributed by atoms with Crippen molar-refractivity contribution in [2.75, 3.05) is 52.9 Å². The van der Waals surface area contributed by atoms with Crippen molar-refractivity contribution in [1.29, 1.82) is 0 Å².